The third kappa shape index (κ3) is 3.35. The molecule has 3 aliphatic rings. The van der Waals surface area contributed by atoms with Crippen LogP contribution < -0.4 is 10.4 Å². The van der Waals surface area contributed by atoms with E-state index < -0.39 is 39.8 Å². The second-order valence-electron chi connectivity index (χ2n) is 10.3. The number of Topliss-reactive ketones (excluding diaryl/α,β-unsaturated/α-hetero) is 1. The lowest BCUT2D eigenvalue weighted by Crippen LogP contribution is -2.72. The van der Waals surface area contributed by atoms with E-state index in [2.05, 4.69) is 10.2 Å². The van der Waals surface area contributed by atoms with Gasteiger partial charge in [0.15, 0.2) is 22.2 Å². The van der Waals surface area contributed by atoms with Gasteiger partial charge in [-0.15, -0.1) is 10.2 Å². The molecule has 2 saturated carbocycles. The number of hydrogen-bond donors (Lipinski definition) is 1. The molecule has 1 spiro atoms. The molecule has 0 saturated heterocycles. The van der Waals surface area contributed by atoms with Crippen molar-refractivity contribution >= 4 is 23.0 Å². The van der Waals surface area contributed by atoms with Crippen LogP contribution in [0, 0.1) is 23.0 Å². The van der Waals surface area contributed by atoms with Crippen LogP contribution in [0.5, 0.6) is 5.75 Å². The van der Waals surface area contributed by atoms with Crippen molar-refractivity contribution in [3.8, 4) is 16.3 Å². The van der Waals surface area contributed by atoms with Crippen LogP contribution in [0.25, 0.3) is 10.6 Å². The molecule has 3 atom stereocenters. The van der Waals surface area contributed by atoms with E-state index in [-0.39, 0.29) is 46.6 Å². The topological polar surface area (TPSA) is 118 Å². The van der Waals surface area contributed by atoms with Crippen molar-refractivity contribution in [2.24, 2.45) is 11.3 Å². The molecular formula is C26H25F2N5O5S. The summed E-state index contributed by atoms with van der Waals surface area (Å²) in [6.07, 6.45) is 3.34. The van der Waals surface area contributed by atoms with Gasteiger partial charge in [-0.1, -0.05) is 17.4 Å². The van der Waals surface area contributed by atoms with Crippen molar-refractivity contribution in [3.63, 3.8) is 0 Å². The number of nitrogens with zero attached hydrogens (tertiary/aromatic N) is 5. The Morgan fingerprint density at radius 2 is 2.03 bits per heavy atom. The highest BCUT2D eigenvalue weighted by molar-refractivity contribution is 7.14. The first-order chi connectivity index (χ1) is 18.6. The smallest absolute Gasteiger partial charge is 0.278 e. The van der Waals surface area contributed by atoms with Gasteiger partial charge >= 0.3 is 0 Å². The van der Waals surface area contributed by atoms with Gasteiger partial charge in [0.2, 0.25) is 5.43 Å². The molecule has 1 aliphatic heterocycles. The van der Waals surface area contributed by atoms with Gasteiger partial charge in [-0.3, -0.25) is 24.1 Å². The van der Waals surface area contributed by atoms with E-state index in [4.69, 9.17) is 4.74 Å². The van der Waals surface area contributed by atoms with Crippen molar-refractivity contribution < 1.29 is 28.2 Å². The number of amides is 1. The third-order valence-corrected chi connectivity index (χ3v) is 9.53. The van der Waals surface area contributed by atoms with Crippen molar-refractivity contribution in [2.75, 3.05) is 32.8 Å². The molecule has 1 aromatic carbocycles. The summed E-state index contributed by atoms with van der Waals surface area (Å²) in [7, 11) is 4.78. The predicted octanol–water partition coefficient (Wildman–Crippen LogP) is 2.31. The lowest BCUT2D eigenvalue weighted by atomic mass is 9.83. The Morgan fingerprint density at radius 1 is 1.26 bits per heavy atom. The Hall–Kier alpha value is -3.71. The van der Waals surface area contributed by atoms with Crippen molar-refractivity contribution in [1.29, 1.82) is 0 Å². The number of halogens is 2. The largest absolute Gasteiger partial charge is 0.502 e. The number of aromatic nitrogens is 3. The van der Waals surface area contributed by atoms with Crippen molar-refractivity contribution in [2.45, 2.75) is 31.3 Å². The summed E-state index contributed by atoms with van der Waals surface area (Å²) in [5, 5.41) is 21.4. The van der Waals surface area contributed by atoms with Crippen LogP contribution in [-0.2, 0) is 16.0 Å². The minimum atomic E-state index is -1.01. The number of carbonyl (C=O) groups excluding carboxylic acids is 2. The fourth-order valence-electron chi connectivity index (χ4n) is 6.67. The Kier molecular flexibility index (Phi) is 5.67. The summed E-state index contributed by atoms with van der Waals surface area (Å²) in [4.78, 5) is 41.7. The highest BCUT2D eigenvalue weighted by atomic mass is 32.1. The lowest BCUT2D eigenvalue weighted by molar-refractivity contribution is -0.134. The van der Waals surface area contributed by atoms with Crippen LogP contribution >= 0.6 is 11.3 Å². The summed E-state index contributed by atoms with van der Waals surface area (Å²) in [6, 6.07) is 3.24. The minimum Gasteiger partial charge on any atom is -0.502 e. The number of rotatable bonds is 6. The molecule has 204 valence electrons. The Bertz CT molecular complexity index is 1610. The fourth-order valence-corrected chi connectivity index (χ4v) is 7.54. The van der Waals surface area contributed by atoms with Crippen LogP contribution in [-0.4, -0.2) is 70.0 Å². The van der Waals surface area contributed by atoms with E-state index in [1.54, 1.807) is 19.1 Å². The Labute approximate surface area is 225 Å². The quantitative estimate of drug-likeness (QED) is 0.491. The lowest BCUT2D eigenvalue weighted by Gasteiger charge is -2.55. The number of aromatic hydroxyl groups is 1. The van der Waals surface area contributed by atoms with Crippen molar-refractivity contribution in [1.82, 2.24) is 19.8 Å². The normalized spacial score (nSPS) is 25.3. The molecular weight excluding hydrogens is 532 g/mol. The maximum atomic E-state index is 14.2. The summed E-state index contributed by atoms with van der Waals surface area (Å²) >= 11 is 1.02. The predicted molar refractivity (Wildman–Crippen MR) is 136 cm³/mol. The van der Waals surface area contributed by atoms with E-state index in [0.717, 1.165) is 29.9 Å². The van der Waals surface area contributed by atoms with Gasteiger partial charge < -0.3 is 14.7 Å². The molecule has 1 unspecified atom stereocenters. The van der Waals surface area contributed by atoms with E-state index >= 15 is 0 Å². The Morgan fingerprint density at radius 3 is 2.72 bits per heavy atom. The average molecular weight is 558 g/mol. The first-order valence-electron chi connectivity index (χ1n) is 12.4. The zero-order valence-electron chi connectivity index (χ0n) is 21.4. The summed E-state index contributed by atoms with van der Waals surface area (Å²) < 4.78 is 34.0. The maximum Gasteiger partial charge on any atom is 0.278 e. The number of fused-ring (bicyclic) bond motifs is 3. The van der Waals surface area contributed by atoms with E-state index in [1.165, 1.54) is 28.9 Å². The zero-order valence-corrected chi connectivity index (χ0v) is 22.2. The van der Waals surface area contributed by atoms with Gasteiger partial charge in [-0.25, -0.2) is 8.78 Å². The molecule has 3 heterocycles. The third-order valence-electron chi connectivity index (χ3n) is 8.57. The van der Waals surface area contributed by atoms with Crippen molar-refractivity contribution in [3.05, 3.63) is 62.5 Å². The molecule has 2 fully saturated rings. The van der Waals surface area contributed by atoms with Gasteiger partial charge in [0.1, 0.15) is 28.9 Å². The molecule has 0 radical (unpaired) electrons. The number of hydrogen-bond acceptors (Lipinski definition) is 9. The standard InChI is InChI=1S/C26H25F2N5O5S/c1-31-24(37)20-22(36)21(35)16(23-30-29-19(39-23)8-13-4-5-15(27)9-17(13)28)11-33(20)32(2)26(31)7-6-14-10-25(14,26)18(34)12-38-3/h4-5,9,11,14,36H,6-8,10,12H2,1-3H3/t14-,25+,26?/m1/s1. The van der Waals surface area contributed by atoms with Gasteiger partial charge in [-0.2, -0.15) is 0 Å². The summed E-state index contributed by atoms with van der Waals surface area (Å²) in [6.45, 7) is -0.0795. The second-order valence-corrected chi connectivity index (χ2v) is 11.4. The first-order valence-corrected chi connectivity index (χ1v) is 13.2. The Balaban J connectivity index is 1.43. The first kappa shape index (κ1) is 25.6. The number of ketones is 1. The fraction of sp³-hybridized carbons (Fsp3) is 0.423. The molecule has 2 aliphatic carbocycles. The van der Waals surface area contributed by atoms with Crippen LogP contribution in [0.15, 0.2) is 29.2 Å². The molecule has 0 bridgehead atoms. The number of pyridine rings is 1. The van der Waals surface area contributed by atoms with Gasteiger partial charge in [0, 0.05) is 39.9 Å². The molecule has 10 nitrogen and oxygen atoms in total. The second kappa shape index (κ2) is 8.65. The summed E-state index contributed by atoms with van der Waals surface area (Å²) in [5.74, 6) is -2.72. The van der Waals surface area contributed by atoms with Crippen LogP contribution in [0.2, 0.25) is 0 Å². The number of methoxy groups -OCH3 is 1. The molecule has 2 aromatic heterocycles. The van der Waals surface area contributed by atoms with Gasteiger partial charge in [0.25, 0.3) is 5.91 Å². The SMILES string of the molecule is COCC(=O)[C@]12C[C@H]1CCC21N(C)C(=O)c2c(O)c(=O)c(-c3nnc(Cc4ccc(F)cc4F)s3)cn2N1C. The van der Waals surface area contributed by atoms with Crippen LogP contribution in [0.1, 0.15) is 40.3 Å². The number of carbonyl (C=O) groups is 2. The minimum absolute atomic E-state index is 0.00143. The molecule has 13 heteroatoms. The average Bonchev–Trinajstić information content (AvgIpc) is 3.30. The maximum absolute atomic E-state index is 14.2. The monoisotopic (exact) mass is 557 g/mol. The molecule has 1 N–H and O–H groups in total. The summed E-state index contributed by atoms with van der Waals surface area (Å²) in [5.41, 5.74) is -2.64. The van der Waals surface area contributed by atoms with E-state index in [0.29, 0.717) is 17.8 Å². The molecule has 6 rings (SSSR count). The van der Waals surface area contributed by atoms with E-state index in [9.17, 15) is 28.3 Å². The van der Waals surface area contributed by atoms with Gasteiger partial charge in [0.05, 0.1) is 11.0 Å². The molecule has 3 aromatic rings. The van der Waals surface area contributed by atoms with E-state index in [1.807, 2.05) is 0 Å². The van der Waals surface area contributed by atoms with Gasteiger partial charge in [-0.05, 0) is 36.8 Å². The van der Waals surface area contributed by atoms with Crippen LogP contribution in [0.4, 0.5) is 8.78 Å². The highest BCUT2D eigenvalue weighted by Crippen LogP contribution is 2.71. The zero-order chi connectivity index (χ0) is 27.9. The number of ether oxygens (including phenoxy) is 1. The number of benzene rings is 1. The van der Waals surface area contributed by atoms with Crippen LogP contribution in [0.3, 0.4) is 0 Å². The highest BCUT2D eigenvalue weighted by Gasteiger charge is 2.79. The molecule has 39 heavy (non-hydrogen) atoms. The molecule has 1 amide bonds.